The Bertz CT molecular complexity index is 389. The zero-order valence-electron chi connectivity index (χ0n) is 10.0. The van der Waals surface area contributed by atoms with E-state index in [4.69, 9.17) is 9.68 Å². The predicted molar refractivity (Wildman–Crippen MR) is 66.1 cm³/mol. The number of hydrogen-bond acceptors (Lipinski definition) is 3. The van der Waals surface area contributed by atoms with Gasteiger partial charge in [0, 0.05) is 19.0 Å². The van der Waals surface area contributed by atoms with Crippen LogP contribution in [0.2, 0.25) is 0 Å². The molecule has 0 bridgehead atoms. The van der Waals surface area contributed by atoms with E-state index in [9.17, 15) is 0 Å². The van der Waals surface area contributed by atoms with Crippen LogP contribution in [-0.4, -0.2) is 17.5 Å². The molecular weight excluding hydrogens is 212 g/mol. The highest BCUT2D eigenvalue weighted by Crippen LogP contribution is 2.19. The van der Waals surface area contributed by atoms with Crippen LogP contribution in [0.4, 0.5) is 0 Å². The first-order chi connectivity index (χ1) is 8.40. The van der Waals surface area contributed by atoms with Gasteiger partial charge in [0.2, 0.25) is 0 Å². The van der Waals surface area contributed by atoms with Gasteiger partial charge in [0.05, 0.1) is 18.9 Å². The molecule has 0 saturated carbocycles. The standard InChI is InChI=1S/C14H18N2O/c15-9-5-10-16(12-14-8-4-11-17-14)13-6-2-1-3-7-13/h2,4,6,8,11,13H,1,3,5,7,10,12H2/t13-/m0/s1. The van der Waals surface area contributed by atoms with E-state index in [-0.39, 0.29) is 0 Å². The molecule has 0 saturated heterocycles. The van der Waals surface area contributed by atoms with Gasteiger partial charge in [-0.3, -0.25) is 4.90 Å². The molecule has 3 nitrogen and oxygen atoms in total. The normalized spacial score (nSPS) is 19.4. The average molecular weight is 230 g/mol. The summed E-state index contributed by atoms with van der Waals surface area (Å²) in [4.78, 5) is 2.33. The Labute approximate surface area is 102 Å². The van der Waals surface area contributed by atoms with Crippen LogP contribution in [0.15, 0.2) is 35.0 Å². The van der Waals surface area contributed by atoms with Crippen molar-refractivity contribution >= 4 is 0 Å². The number of nitrogens with zero attached hydrogens (tertiary/aromatic N) is 2. The van der Waals surface area contributed by atoms with Crippen molar-refractivity contribution in [2.75, 3.05) is 6.54 Å². The van der Waals surface area contributed by atoms with E-state index in [0.717, 1.165) is 18.8 Å². The summed E-state index contributed by atoms with van der Waals surface area (Å²) >= 11 is 0. The third kappa shape index (κ3) is 3.47. The molecule has 0 aromatic carbocycles. The SMILES string of the molecule is N#CCCN(Cc1ccco1)[C@H]1C=CCCC1. The Morgan fingerprint density at radius 1 is 1.53 bits per heavy atom. The molecule has 0 N–H and O–H groups in total. The Morgan fingerprint density at radius 3 is 3.12 bits per heavy atom. The van der Waals surface area contributed by atoms with Crippen molar-refractivity contribution < 1.29 is 4.42 Å². The van der Waals surface area contributed by atoms with E-state index in [0.29, 0.717) is 12.5 Å². The largest absolute Gasteiger partial charge is 0.468 e. The zero-order chi connectivity index (χ0) is 11.9. The van der Waals surface area contributed by atoms with Gasteiger partial charge in [-0.15, -0.1) is 0 Å². The van der Waals surface area contributed by atoms with Crippen LogP contribution in [0.3, 0.4) is 0 Å². The second kappa shape index (κ2) is 6.27. The molecule has 0 fully saturated rings. The first-order valence-electron chi connectivity index (χ1n) is 6.20. The summed E-state index contributed by atoms with van der Waals surface area (Å²) in [6, 6.07) is 6.58. The maximum atomic E-state index is 8.72. The molecule has 0 spiro atoms. The van der Waals surface area contributed by atoms with Gasteiger partial charge in [0.1, 0.15) is 5.76 Å². The lowest BCUT2D eigenvalue weighted by Crippen LogP contribution is -2.35. The molecule has 3 heteroatoms. The molecule has 1 atom stereocenters. The van der Waals surface area contributed by atoms with Crippen LogP contribution in [0.1, 0.15) is 31.4 Å². The molecule has 1 heterocycles. The van der Waals surface area contributed by atoms with Crippen molar-refractivity contribution in [1.29, 1.82) is 5.26 Å². The molecule has 2 rings (SSSR count). The third-order valence-corrected chi connectivity index (χ3v) is 3.15. The van der Waals surface area contributed by atoms with E-state index in [1.165, 1.54) is 19.3 Å². The third-order valence-electron chi connectivity index (χ3n) is 3.15. The molecular formula is C14H18N2O. The fourth-order valence-corrected chi connectivity index (χ4v) is 2.26. The molecule has 0 amide bonds. The van der Waals surface area contributed by atoms with Crippen LogP contribution in [0.25, 0.3) is 0 Å². The van der Waals surface area contributed by atoms with E-state index < -0.39 is 0 Å². The second-order valence-corrected chi connectivity index (χ2v) is 4.38. The Balaban J connectivity index is 1.99. The topological polar surface area (TPSA) is 40.2 Å². The minimum absolute atomic E-state index is 0.460. The second-order valence-electron chi connectivity index (χ2n) is 4.38. The van der Waals surface area contributed by atoms with Crippen molar-refractivity contribution in [1.82, 2.24) is 4.90 Å². The quantitative estimate of drug-likeness (QED) is 0.730. The van der Waals surface area contributed by atoms with Crippen LogP contribution in [-0.2, 0) is 6.54 Å². The van der Waals surface area contributed by atoms with Gasteiger partial charge >= 0.3 is 0 Å². The Kier molecular flexibility index (Phi) is 4.40. The number of rotatable bonds is 5. The van der Waals surface area contributed by atoms with Crippen molar-refractivity contribution in [3.05, 3.63) is 36.3 Å². The smallest absolute Gasteiger partial charge is 0.117 e. The van der Waals surface area contributed by atoms with Gasteiger partial charge in [-0.05, 0) is 31.4 Å². The molecule has 0 unspecified atom stereocenters. The highest BCUT2D eigenvalue weighted by molar-refractivity contribution is 5.03. The van der Waals surface area contributed by atoms with Crippen molar-refractivity contribution in [2.24, 2.45) is 0 Å². The minimum Gasteiger partial charge on any atom is -0.468 e. The van der Waals surface area contributed by atoms with Gasteiger partial charge in [0.15, 0.2) is 0 Å². The van der Waals surface area contributed by atoms with Crippen LogP contribution in [0.5, 0.6) is 0 Å². The van der Waals surface area contributed by atoms with Gasteiger partial charge in [-0.1, -0.05) is 12.2 Å². The molecule has 17 heavy (non-hydrogen) atoms. The van der Waals surface area contributed by atoms with Crippen LogP contribution in [0, 0.1) is 11.3 Å². The molecule has 90 valence electrons. The molecule has 0 radical (unpaired) electrons. The highest BCUT2D eigenvalue weighted by Gasteiger charge is 2.18. The molecule has 1 aliphatic rings. The van der Waals surface area contributed by atoms with Gasteiger partial charge in [0.25, 0.3) is 0 Å². The lowest BCUT2D eigenvalue weighted by Gasteiger charge is -2.30. The van der Waals surface area contributed by atoms with Crippen LogP contribution >= 0.6 is 0 Å². The summed E-state index contributed by atoms with van der Waals surface area (Å²) < 4.78 is 5.39. The Hall–Kier alpha value is -1.53. The fourth-order valence-electron chi connectivity index (χ4n) is 2.26. The number of hydrogen-bond donors (Lipinski definition) is 0. The lowest BCUT2D eigenvalue weighted by atomic mass is 10.0. The minimum atomic E-state index is 0.460. The van der Waals surface area contributed by atoms with E-state index in [1.54, 1.807) is 6.26 Å². The molecule has 1 aliphatic carbocycles. The summed E-state index contributed by atoms with van der Waals surface area (Å²) in [6.45, 7) is 1.61. The predicted octanol–water partition coefficient (Wildman–Crippen LogP) is 3.10. The van der Waals surface area contributed by atoms with Crippen molar-refractivity contribution in [3.8, 4) is 6.07 Å². The highest BCUT2D eigenvalue weighted by atomic mass is 16.3. The van der Waals surface area contributed by atoms with Crippen LogP contribution < -0.4 is 0 Å². The van der Waals surface area contributed by atoms with E-state index >= 15 is 0 Å². The maximum Gasteiger partial charge on any atom is 0.117 e. The van der Waals surface area contributed by atoms with E-state index in [1.807, 2.05) is 12.1 Å². The average Bonchev–Trinajstić information content (AvgIpc) is 2.88. The summed E-state index contributed by atoms with van der Waals surface area (Å²) in [5, 5.41) is 8.72. The summed E-state index contributed by atoms with van der Waals surface area (Å²) in [5.41, 5.74) is 0. The van der Waals surface area contributed by atoms with Gasteiger partial charge in [-0.2, -0.15) is 5.26 Å². The van der Waals surface area contributed by atoms with Gasteiger partial charge < -0.3 is 4.42 Å². The van der Waals surface area contributed by atoms with E-state index in [2.05, 4.69) is 23.1 Å². The summed E-state index contributed by atoms with van der Waals surface area (Å²) in [7, 11) is 0. The van der Waals surface area contributed by atoms with Gasteiger partial charge in [-0.25, -0.2) is 0 Å². The van der Waals surface area contributed by atoms with Crippen molar-refractivity contribution in [3.63, 3.8) is 0 Å². The summed E-state index contributed by atoms with van der Waals surface area (Å²) in [5.74, 6) is 0.974. The Morgan fingerprint density at radius 2 is 2.47 bits per heavy atom. The fraction of sp³-hybridized carbons (Fsp3) is 0.500. The number of furan rings is 1. The first-order valence-corrected chi connectivity index (χ1v) is 6.20. The number of nitriles is 1. The number of allylic oxidation sites excluding steroid dienone is 1. The summed E-state index contributed by atoms with van der Waals surface area (Å²) in [6.07, 6.45) is 10.4. The lowest BCUT2D eigenvalue weighted by molar-refractivity contribution is 0.194. The molecule has 1 aromatic heterocycles. The zero-order valence-corrected chi connectivity index (χ0v) is 10.0. The van der Waals surface area contributed by atoms with Crippen molar-refractivity contribution in [2.45, 2.75) is 38.3 Å². The maximum absolute atomic E-state index is 8.72. The molecule has 1 aromatic rings. The first kappa shape index (κ1) is 11.9. The molecule has 0 aliphatic heterocycles. The monoisotopic (exact) mass is 230 g/mol.